The van der Waals surface area contributed by atoms with Gasteiger partial charge in [-0.15, -0.1) is 0 Å². The Hall–Kier alpha value is -1.94. The standard InChI is InChI=1S/C18H26F2N2O5S/c1-13-4-5-14(10-16(13)27-11-17(19)20)21-18(23)22(7-3-8-26-2)15-6-9-28(24,25)12-15/h4-5,10,15,17H,3,6-9,11-12H2,1-2H3,(H,21,23)/t15-/m0/s1. The number of halogens is 2. The van der Waals surface area contributed by atoms with Crippen molar-refractivity contribution in [2.45, 2.75) is 32.2 Å². The van der Waals surface area contributed by atoms with Gasteiger partial charge in [-0.3, -0.25) is 0 Å². The number of carbonyl (C=O) groups excluding carboxylic acids is 1. The lowest BCUT2D eigenvalue weighted by Crippen LogP contribution is -2.44. The van der Waals surface area contributed by atoms with Crippen molar-refractivity contribution in [3.63, 3.8) is 0 Å². The van der Waals surface area contributed by atoms with E-state index in [4.69, 9.17) is 9.47 Å². The maximum absolute atomic E-state index is 12.8. The van der Waals surface area contributed by atoms with Crippen molar-refractivity contribution >= 4 is 21.6 Å². The Morgan fingerprint density at radius 3 is 2.75 bits per heavy atom. The number of carbonyl (C=O) groups is 1. The molecule has 7 nitrogen and oxygen atoms in total. The van der Waals surface area contributed by atoms with Crippen molar-refractivity contribution in [2.75, 3.05) is 43.7 Å². The van der Waals surface area contributed by atoms with E-state index < -0.39 is 34.9 Å². The number of sulfone groups is 1. The highest BCUT2D eigenvalue weighted by molar-refractivity contribution is 7.91. The number of nitrogens with zero attached hydrogens (tertiary/aromatic N) is 1. The molecule has 1 saturated heterocycles. The van der Waals surface area contributed by atoms with E-state index in [2.05, 4.69) is 5.32 Å². The Kier molecular flexibility index (Phi) is 7.99. The van der Waals surface area contributed by atoms with E-state index in [9.17, 15) is 22.0 Å². The van der Waals surface area contributed by atoms with Gasteiger partial charge in [0.25, 0.3) is 6.43 Å². The molecule has 0 radical (unpaired) electrons. The van der Waals surface area contributed by atoms with Crippen molar-refractivity contribution in [3.05, 3.63) is 23.8 Å². The quantitative estimate of drug-likeness (QED) is 0.621. The van der Waals surface area contributed by atoms with Gasteiger partial charge in [-0.1, -0.05) is 6.07 Å². The maximum Gasteiger partial charge on any atom is 0.322 e. The van der Waals surface area contributed by atoms with Gasteiger partial charge in [0.2, 0.25) is 0 Å². The van der Waals surface area contributed by atoms with Gasteiger partial charge in [-0.25, -0.2) is 22.0 Å². The van der Waals surface area contributed by atoms with Gasteiger partial charge in [-0.2, -0.15) is 0 Å². The van der Waals surface area contributed by atoms with Gasteiger partial charge < -0.3 is 19.7 Å². The van der Waals surface area contributed by atoms with E-state index in [0.29, 0.717) is 37.2 Å². The third kappa shape index (κ3) is 6.59. The van der Waals surface area contributed by atoms with E-state index in [0.717, 1.165) is 0 Å². The Morgan fingerprint density at radius 1 is 1.39 bits per heavy atom. The molecule has 0 bridgehead atoms. The first-order chi connectivity index (χ1) is 13.2. The van der Waals surface area contributed by atoms with E-state index in [1.165, 1.54) is 11.0 Å². The molecule has 1 aromatic rings. The number of methoxy groups -OCH3 is 1. The van der Waals surface area contributed by atoms with Crippen LogP contribution in [0.1, 0.15) is 18.4 Å². The summed E-state index contributed by atoms with van der Waals surface area (Å²) in [5.41, 5.74) is 1.05. The summed E-state index contributed by atoms with van der Waals surface area (Å²) in [7, 11) is -1.60. The predicted molar refractivity (Wildman–Crippen MR) is 102 cm³/mol. The molecule has 1 heterocycles. The van der Waals surface area contributed by atoms with Gasteiger partial charge in [0.1, 0.15) is 12.4 Å². The first-order valence-corrected chi connectivity index (χ1v) is 10.8. The van der Waals surface area contributed by atoms with Gasteiger partial charge in [-0.05, 0) is 31.4 Å². The molecule has 1 N–H and O–H groups in total. The predicted octanol–water partition coefficient (Wildman–Crippen LogP) is 2.70. The molecular weight excluding hydrogens is 394 g/mol. The zero-order chi connectivity index (χ0) is 20.7. The summed E-state index contributed by atoms with van der Waals surface area (Å²) in [5, 5.41) is 2.71. The Bertz CT molecular complexity index is 773. The molecule has 2 amide bonds. The van der Waals surface area contributed by atoms with Crippen molar-refractivity contribution in [3.8, 4) is 5.75 Å². The van der Waals surface area contributed by atoms with Crippen LogP contribution >= 0.6 is 0 Å². The van der Waals surface area contributed by atoms with E-state index in [1.54, 1.807) is 26.2 Å². The molecule has 0 unspecified atom stereocenters. The van der Waals surface area contributed by atoms with E-state index in [1.807, 2.05) is 0 Å². The van der Waals surface area contributed by atoms with Crippen LogP contribution in [0.2, 0.25) is 0 Å². The second-order valence-corrected chi connectivity index (χ2v) is 8.94. The Labute approximate surface area is 163 Å². The lowest BCUT2D eigenvalue weighted by Gasteiger charge is -2.28. The number of hydrogen-bond acceptors (Lipinski definition) is 5. The average molecular weight is 420 g/mol. The summed E-state index contributed by atoms with van der Waals surface area (Å²) in [6.45, 7) is 1.77. The molecule has 0 aromatic heterocycles. The number of amides is 2. The zero-order valence-corrected chi connectivity index (χ0v) is 16.8. The number of anilines is 1. The van der Waals surface area contributed by atoms with Crippen molar-refractivity contribution < 1.29 is 31.5 Å². The molecule has 1 aliphatic heterocycles. The van der Waals surface area contributed by atoms with Gasteiger partial charge in [0.15, 0.2) is 9.84 Å². The largest absolute Gasteiger partial charge is 0.487 e. The summed E-state index contributed by atoms with van der Waals surface area (Å²) in [6, 6.07) is 3.94. The van der Waals surface area contributed by atoms with E-state index >= 15 is 0 Å². The smallest absolute Gasteiger partial charge is 0.322 e. The highest BCUT2D eigenvalue weighted by atomic mass is 32.2. The zero-order valence-electron chi connectivity index (χ0n) is 16.0. The number of nitrogens with one attached hydrogen (secondary N) is 1. The van der Waals surface area contributed by atoms with Crippen LogP contribution in [0.25, 0.3) is 0 Å². The number of ether oxygens (including phenoxy) is 2. The van der Waals surface area contributed by atoms with Crippen LogP contribution in [-0.4, -0.2) is 70.2 Å². The van der Waals surface area contributed by atoms with Crippen LogP contribution in [0.5, 0.6) is 5.75 Å². The molecule has 28 heavy (non-hydrogen) atoms. The van der Waals surface area contributed by atoms with Crippen molar-refractivity contribution in [2.24, 2.45) is 0 Å². The third-order valence-electron chi connectivity index (χ3n) is 4.46. The fourth-order valence-electron chi connectivity index (χ4n) is 3.03. The molecule has 0 aliphatic carbocycles. The number of urea groups is 1. The molecule has 0 saturated carbocycles. The summed E-state index contributed by atoms with van der Waals surface area (Å²) >= 11 is 0. The second kappa shape index (κ2) is 10.0. The SMILES string of the molecule is COCCCN(C(=O)Nc1ccc(C)c(OCC(F)F)c1)[C@H]1CCS(=O)(=O)C1. The summed E-state index contributed by atoms with van der Waals surface area (Å²) in [4.78, 5) is 14.3. The molecule has 1 aliphatic rings. The van der Waals surface area contributed by atoms with Crippen LogP contribution in [0.15, 0.2) is 18.2 Å². The minimum absolute atomic E-state index is 0.0574. The second-order valence-electron chi connectivity index (χ2n) is 6.71. The van der Waals surface area contributed by atoms with Crippen LogP contribution in [0.3, 0.4) is 0 Å². The summed E-state index contributed by atoms with van der Waals surface area (Å²) in [5.74, 6) is 0.249. The fraction of sp³-hybridized carbons (Fsp3) is 0.611. The third-order valence-corrected chi connectivity index (χ3v) is 6.21. The van der Waals surface area contributed by atoms with Gasteiger partial charge in [0, 0.05) is 38.1 Å². The van der Waals surface area contributed by atoms with Crippen LogP contribution in [-0.2, 0) is 14.6 Å². The lowest BCUT2D eigenvalue weighted by atomic mass is 10.2. The Balaban J connectivity index is 2.10. The number of benzene rings is 1. The van der Waals surface area contributed by atoms with Crippen molar-refractivity contribution in [1.82, 2.24) is 4.90 Å². The van der Waals surface area contributed by atoms with Gasteiger partial charge in [0.05, 0.1) is 11.5 Å². The highest BCUT2D eigenvalue weighted by Crippen LogP contribution is 2.25. The molecule has 158 valence electrons. The van der Waals surface area contributed by atoms with Crippen LogP contribution in [0.4, 0.5) is 19.3 Å². The van der Waals surface area contributed by atoms with Crippen molar-refractivity contribution in [1.29, 1.82) is 0 Å². The van der Waals surface area contributed by atoms with E-state index in [-0.39, 0.29) is 17.3 Å². The first kappa shape index (κ1) is 22.4. The Morgan fingerprint density at radius 2 is 2.14 bits per heavy atom. The molecule has 1 fully saturated rings. The molecule has 2 rings (SSSR count). The monoisotopic (exact) mass is 420 g/mol. The molecular formula is C18H26F2N2O5S. The summed E-state index contributed by atoms with van der Waals surface area (Å²) < 4.78 is 58.5. The first-order valence-electron chi connectivity index (χ1n) is 9.00. The number of hydrogen-bond donors (Lipinski definition) is 1. The van der Waals surface area contributed by atoms with Crippen LogP contribution < -0.4 is 10.1 Å². The van der Waals surface area contributed by atoms with Crippen LogP contribution in [0, 0.1) is 6.92 Å². The minimum Gasteiger partial charge on any atom is -0.487 e. The summed E-state index contributed by atoms with van der Waals surface area (Å²) in [6.07, 6.45) is -1.64. The maximum atomic E-state index is 12.8. The minimum atomic E-state index is -3.15. The lowest BCUT2D eigenvalue weighted by molar-refractivity contribution is 0.0816. The molecule has 1 aromatic carbocycles. The number of alkyl halides is 2. The van der Waals surface area contributed by atoms with Gasteiger partial charge >= 0.3 is 6.03 Å². The fourth-order valence-corrected chi connectivity index (χ4v) is 4.76. The molecule has 10 heteroatoms. The molecule has 0 spiro atoms. The number of rotatable bonds is 9. The molecule has 1 atom stereocenters. The topological polar surface area (TPSA) is 84.9 Å². The highest BCUT2D eigenvalue weighted by Gasteiger charge is 2.34. The normalized spacial score (nSPS) is 18.2. The average Bonchev–Trinajstić information content (AvgIpc) is 2.98. The number of aryl methyl sites for hydroxylation is 1.